The van der Waals surface area contributed by atoms with Crippen LogP contribution in [-0.2, 0) is 16.0 Å². The number of rotatable bonds is 11. The molecule has 0 aliphatic heterocycles. The van der Waals surface area contributed by atoms with E-state index in [1.54, 1.807) is 33.5 Å². The summed E-state index contributed by atoms with van der Waals surface area (Å²) in [6.07, 6.45) is 5.16. The molecule has 19 heavy (non-hydrogen) atoms. The monoisotopic (exact) mass is 381 g/mol. The van der Waals surface area contributed by atoms with Crippen LogP contribution in [0.4, 0.5) is 0 Å². The average molecular weight is 381 g/mol. The van der Waals surface area contributed by atoms with Crippen molar-refractivity contribution >= 4 is 26.4 Å². The zero-order valence-electron chi connectivity index (χ0n) is 11.2. The van der Waals surface area contributed by atoms with Gasteiger partial charge in [0.2, 0.25) is 3.79 Å². The zero-order chi connectivity index (χ0) is 13.9. The predicted octanol–water partition coefficient (Wildman–Crippen LogP) is 2.08. The molecule has 0 atom stereocenters. The van der Waals surface area contributed by atoms with Gasteiger partial charge < -0.3 is 9.47 Å². The van der Waals surface area contributed by atoms with E-state index in [0.717, 1.165) is 13.0 Å². The van der Waals surface area contributed by atoms with Gasteiger partial charge in [0.15, 0.2) is 5.69 Å². The number of hydrogen-bond donors (Lipinski definition) is 0. The molecule has 0 radical (unpaired) electrons. The summed E-state index contributed by atoms with van der Waals surface area (Å²) in [5.41, 5.74) is 0.375. The summed E-state index contributed by atoms with van der Waals surface area (Å²) >= 11 is 1.69. The first-order valence-electron chi connectivity index (χ1n) is 6.49. The number of hydrogen-bond acceptors (Lipinski definition) is 5. The Hall–Kier alpha value is -0.540. The highest BCUT2D eigenvalue weighted by Gasteiger charge is 2.06. The summed E-state index contributed by atoms with van der Waals surface area (Å²) in [5.74, 6) is 0. The fourth-order valence-corrected chi connectivity index (χ4v) is 1.68. The molecule has 1 heterocycles. The van der Waals surface area contributed by atoms with E-state index in [-0.39, 0.29) is 3.79 Å². The lowest BCUT2D eigenvalue weighted by molar-refractivity contribution is 0.0426. The number of unbranched alkanes of at least 4 members (excludes halogenated alkanes) is 2. The molecule has 0 aliphatic rings. The van der Waals surface area contributed by atoms with E-state index in [9.17, 15) is 4.79 Å². The van der Waals surface area contributed by atoms with Gasteiger partial charge in [0, 0.05) is 29.2 Å². The normalized spacial score (nSPS) is 10.8. The molecule has 0 saturated carbocycles. The Kier molecular flexibility index (Phi) is 8.93. The fraction of sp³-hybridized carbons (Fsp3) is 0.750. The Balaban J connectivity index is 1.97. The zero-order valence-corrected chi connectivity index (χ0v) is 13.3. The third-order valence-electron chi connectivity index (χ3n) is 2.47. The summed E-state index contributed by atoms with van der Waals surface area (Å²) in [6.45, 7) is 5.31. The molecule has 7 heteroatoms. The maximum absolute atomic E-state index is 11.0. The highest BCUT2D eigenvalue weighted by molar-refractivity contribution is 14.1. The molecule has 0 unspecified atom stereocenters. The molecule has 1 rings (SSSR count). The first kappa shape index (κ1) is 16.5. The lowest BCUT2D eigenvalue weighted by Gasteiger charge is -2.05. The molecular formula is C12H20IN3O3. The quantitative estimate of drug-likeness (QED) is 0.334. The number of carbonyl (C=O) groups is 1. The van der Waals surface area contributed by atoms with Gasteiger partial charge in [-0.25, -0.2) is 4.68 Å². The Morgan fingerprint density at radius 1 is 1.26 bits per heavy atom. The van der Waals surface area contributed by atoms with Crippen molar-refractivity contribution in [3.8, 4) is 0 Å². The summed E-state index contributed by atoms with van der Waals surface area (Å²) in [6, 6.07) is 0. The van der Waals surface area contributed by atoms with Crippen molar-refractivity contribution in [3.63, 3.8) is 0 Å². The van der Waals surface area contributed by atoms with Crippen molar-refractivity contribution in [3.05, 3.63) is 11.9 Å². The Morgan fingerprint density at radius 3 is 2.63 bits per heavy atom. The van der Waals surface area contributed by atoms with E-state index in [1.807, 2.05) is 0 Å². The minimum absolute atomic E-state index is 0.106. The molecule has 0 N–H and O–H groups in total. The average Bonchev–Trinajstić information content (AvgIpc) is 2.86. The number of ether oxygens (including phenoxy) is 2. The number of halogens is 1. The van der Waals surface area contributed by atoms with E-state index >= 15 is 0 Å². The van der Waals surface area contributed by atoms with Crippen LogP contribution < -0.4 is 0 Å². The first-order valence-corrected chi connectivity index (χ1v) is 7.57. The van der Waals surface area contributed by atoms with Crippen molar-refractivity contribution in [1.29, 1.82) is 0 Å². The van der Waals surface area contributed by atoms with Crippen LogP contribution in [0.5, 0.6) is 0 Å². The molecule has 0 aliphatic carbocycles. The Bertz CT molecular complexity index is 371. The van der Waals surface area contributed by atoms with E-state index in [2.05, 4.69) is 17.2 Å². The molecule has 6 nitrogen and oxygen atoms in total. The maximum atomic E-state index is 11.0. The van der Waals surface area contributed by atoms with Crippen LogP contribution in [0.25, 0.3) is 0 Å². The van der Waals surface area contributed by atoms with E-state index < -0.39 is 0 Å². The van der Waals surface area contributed by atoms with E-state index in [1.165, 1.54) is 12.8 Å². The van der Waals surface area contributed by atoms with Crippen LogP contribution in [0.15, 0.2) is 6.20 Å². The SMILES string of the molecule is CCCCCOCCOCCn1cc(C(=O)I)nn1. The van der Waals surface area contributed by atoms with Crippen LogP contribution in [0.2, 0.25) is 0 Å². The van der Waals surface area contributed by atoms with Crippen molar-refractivity contribution in [2.24, 2.45) is 0 Å². The molecule has 1 aromatic heterocycles. The third kappa shape index (κ3) is 7.58. The van der Waals surface area contributed by atoms with Crippen molar-refractivity contribution in [2.75, 3.05) is 26.4 Å². The minimum atomic E-state index is -0.106. The molecular weight excluding hydrogens is 361 g/mol. The molecule has 0 fully saturated rings. The molecule has 0 saturated heterocycles. The molecule has 0 amide bonds. The standard InChI is InChI=1S/C12H20IN3O3/c1-2-3-4-6-18-8-9-19-7-5-16-10-11(12(13)17)14-15-16/h10H,2-9H2,1H3. The van der Waals surface area contributed by atoms with Gasteiger partial charge in [-0.15, -0.1) is 5.10 Å². The van der Waals surface area contributed by atoms with E-state index in [0.29, 0.717) is 32.1 Å². The van der Waals surface area contributed by atoms with Crippen LogP contribution >= 0.6 is 22.6 Å². The van der Waals surface area contributed by atoms with Gasteiger partial charge in [-0.3, -0.25) is 4.79 Å². The maximum Gasteiger partial charge on any atom is 0.244 e. The molecule has 108 valence electrons. The number of aromatic nitrogens is 3. The first-order chi connectivity index (χ1) is 9.24. The van der Waals surface area contributed by atoms with Crippen LogP contribution in [0, 0.1) is 0 Å². The Labute approximate surface area is 127 Å². The predicted molar refractivity (Wildman–Crippen MR) is 79.5 cm³/mol. The van der Waals surface area contributed by atoms with Gasteiger partial charge in [0.05, 0.1) is 32.6 Å². The van der Waals surface area contributed by atoms with Crippen molar-refractivity contribution in [1.82, 2.24) is 15.0 Å². The third-order valence-corrected chi connectivity index (χ3v) is 3.02. The van der Waals surface area contributed by atoms with Gasteiger partial charge in [-0.1, -0.05) is 25.0 Å². The smallest absolute Gasteiger partial charge is 0.244 e. The molecule has 0 bridgehead atoms. The van der Waals surface area contributed by atoms with Crippen LogP contribution in [0.3, 0.4) is 0 Å². The largest absolute Gasteiger partial charge is 0.379 e. The highest BCUT2D eigenvalue weighted by Crippen LogP contribution is 2.00. The van der Waals surface area contributed by atoms with Crippen molar-refractivity contribution in [2.45, 2.75) is 32.7 Å². The van der Waals surface area contributed by atoms with Crippen molar-refractivity contribution < 1.29 is 14.3 Å². The number of nitrogens with zero attached hydrogens (tertiary/aromatic N) is 3. The van der Waals surface area contributed by atoms with E-state index in [4.69, 9.17) is 9.47 Å². The topological polar surface area (TPSA) is 66.2 Å². The van der Waals surface area contributed by atoms with Gasteiger partial charge in [-0.05, 0) is 6.42 Å². The summed E-state index contributed by atoms with van der Waals surface area (Å²) in [7, 11) is 0. The lowest BCUT2D eigenvalue weighted by atomic mass is 10.3. The summed E-state index contributed by atoms with van der Waals surface area (Å²) < 4.78 is 12.3. The van der Waals surface area contributed by atoms with Gasteiger partial charge in [0.1, 0.15) is 0 Å². The fourth-order valence-electron chi connectivity index (χ4n) is 1.43. The van der Waals surface area contributed by atoms with Crippen LogP contribution in [-0.4, -0.2) is 45.2 Å². The Morgan fingerprint density at radius 2 is 2.00 bits per heavy atom. The lowest BCUT2D eigenvalue weighted by Crippen LogP contribution is -2.11. The minimum Gasteiger partial charge on any atom is -0.379 e. The second kappa shape index (κ2) is 10.3. The molecule has 1 aromatic rings. The van der Waals surface area contributed by atoms with Gasteiger partial charge >= 0.3 is 0 Å². The van der Waals surface area contributed by atoms with Crippen LogP contribution in [0.1, 0.15) is 36.7 Å². The molecule has 0 aromatic carbocycles. The highest BCUT2D eigenvalue weighted by atomic mass is 127. The van der Waals surface area contributed by atoms with Gasteiger partial charge in [0.25, 0.3) is 0 Å². The number of carbonyl (C=O) groups excluding carboxylic acids is 1. The second-order valence-electron chi connectivity index (χ2n) is 4.07. The second-order valence-corrected chi connectivity index (χ2v) is 5.05. The molecule has 0 spiro atoms. The summed E-state index contributed by atoms with van der Waals surface area (Å²) in [4.78, 5) is 11.0. The summed E-state index contributed by atoms with van der Waals surface area (Å²) in [5, 5.41) is 7.58. The van der Waals surface area contributed by atoms with Gasteiger partial charge in [-0.2, -0.15) is 0 Å².